The van der Waals surface area contributed by atoms with Gasteiger partial charge >= 0.3 is 11.9 Å². The quantitative estimate of drug-likeness (QED) is 0.500. The van der Waals surface area contributed by atoms with Gasteiger partial charge in [-0.05, 0) is 62.6 Å². The first-order valence-corrected chi connectivity index (χ1v) is 12.0. The average molecular weight is 472 g/mol. The van der Waals surface area contributed by atoms with Gasteiger partial charge in [0.15, 0.2) is 5.78 Å². The highest BCUT2D eigenvalue weighted by Crippen LogP contribution is 2.45. The van der Waals surface area contributed by atoms with Crippen LogP contribution in [0.1, 0.15) is 63.9 Å². The molecule has 176 valence electrons. The second-order valence-electron chi connectivity index (χ2n) is 9.25. The molecule has 1 N–H and O–H groups in total. The number of hydrogen-bond acceptors (Lipinski definition) is 6. The van der Waals surface area contributed by atoms with Crippen LogP contribution in [0.2, 0.25) is 5.02 Å². The van der Waals surface area contributed by atoms with E-state index in [1.165, 1.54) is 7.11 Å². The molecule has 4 rings (SSSR count). The predicted octanol–water partition coefficient (Wildman–Crippen LogP) is 4.83. The summed E-state index contributed by atoms with van der Waals surface area (Å²) < 4.78 is 10.9. The molecule has 3 atom stereocenters. The monoisotopic (exact) mass is 471 g/mol. The molecule has 0 unspecified atom stereocenters. The van der Waals surface area contributed by atoms with E-state index in [2.05, 4.69) is 5.32 Å². The molecule has 1 heterocycles. The van der Waals surface area contributed by atoms with E-state index in [4.69, 9.17) is 21.1 Å². The number of rotatable bonds is 4. The molecule has 1 fully saturated rings. The van der Waals surface area contributed by atoms with Gasteiger partial charge in [-0.25, -0.2) is 4.79 Å². The fourth-order valence-corrected chi connectivity index (χ4v) is 5.46. The van der Waals surface area contributed by atoms with Gasteiger partial charge in [-0.2, -0.15) is 0 Å². The fraction of sp³-hybridized carbons (Fsp3) is 0.500. The van der Waals surface area contributed by atoms with Crippen LogP contribution in [0.25, 0.3) is 0 Å². The van der Waals surface area contributed by atoms with E-state index >= 15 is 0 Å². The number of halogens is 1. The Balaban J connectivity index is 1.77. The van der Waals surface area contributed by atoms with E-state index in [0.717, 1.165) is 43.4 Å². The highest BCUT2D eigenvalue weighted by molar-refractivity contribution is 6.30. The fourth-order valence-electron chi connectivity index (χ4n) is 5.34. The Kier molecular flexibility index (Phi) is 6.94. The first-order chi connectivity index (χ1) is 15.8. The zero-order valence-corrected chi connectivity index (χ0v) is 20.0. The number of hydrogen-bond donors (Lipinski definition) is 1. The van der Waals surface area contributed by atoms with Crippen molar-refractivity contribution in [3.05, 3.63) is 57.4 Å². The number of ether oxygens (including phenoxy) is 2. The summed E-state index contributed by atoms with van der Waals surface area (Å²) in [6, 6.07) is 7.13. The van der Waals surface area contributed by atoms with Crippen molar-refractivity contribution < 1.29 is 23.9 Å². The molecule has 0 spiro atoms. The minimum absolute atomic E-state index is 0.113. The van der Waals surface area contributed by atoms with Crippen LogP contribution in [0.15, 0.2) is 46.8 Å². The molecule has 0 amide bonds. The number of nitrogens with one attached hydrogen (secondary N) is 1. The SMILES string of the molecule is COC(=O)[C@@H]1C(=O)C2=C(C[C@H]1C)NC(C)=C(C(=O)OC1CCCCC1)[C@H]2c1ccc(Cl)cc1. The number of carbonyl (C=O) groups excluding carboxylic acids is 3. The smallest absolute Gasteiger partial charge is 0.337 e. The standard InChI is InChI=1S/C26H30ClNO5/c1-14-13-19-23(24(29)20(14)25(30)32-3)22(16-9-11-17(27)12-10-16)21(15(2)28-19)26(31)33-18-7-5-4-6-8-18/h9-12,14,18,20,22,28H,4-8,13H2,1-3H3/t14-,20+,22-/m1/s1. The van der Waals surface area contributed by atoms with Gasteiger partial charge in [-0.15, -0.1) is 0 Å². The summed E-state index contributed by atoms with van der Waals surface area (Å²) in [6.07, 6.45) is 5.34. The third-order valence-corrected chi connectivity index (χ3v) is 7.24. The topological polar surface area (TPSA) is 81.7 Å². The van der Waals surface area contributed by atoms with Gasteiger partial charge < -0.3 is 14.8 Å². The molecule has 3 aliphatic rings. The van der Waals surface area contributed by atoms with Crippen LogP contribution in [0.4, 0.5) is 0 Å². The van der Waals surface area contributed by atoms with Crippen LogP contribution < -0.4 is 5.32 Å². The third-order valence-electron chi connectivity index (χ3n) is 6.99. The Morgan fingerprint density at radius 1 is 1.09 bits per heavy atom. The largest absolute Gasteiger partial charge is 0.468 e. The minimum Gasteiger partial charge on any atom is -0.468 e. The van der Waals surface area contributed by atoms with E-state index < -0.39 is 23.8 Å². The lowest BCUT2D eigenvalue weighted by molar-refractivity contribution is -0.151. The molecule has 0 bridgehead atoms. The van der Waals surface area contributed by atoms with Crippen molar-refractivity contribution in [1.82, 2.24) is 5.32 Å². The molecule has 7 heteroatoms. The third kappa shape index (κ3) is 4.58. The second-order valence-corrected chi connectivity index (χ2v) is 9.69. The number of methoxy groups -OCH3 is 1. The first-order valence-electron chi connectivity index (χ1n) is 11.6. The Hall–Kier alpha value is -2.60. The van der Waals surface area contributed by atoms with Gasteiger partial charge in [-0.1, -0.05) is 37.1 Å². The van der Waals surface area contributed by atoms with E-state index in [9.17, 15) is 14.4 Å². The molecule has 1 aliphatic heterocycles. The molecule has 33 heavy (non-hydrogen) atoms. The normalized spacial score (nSPS) is 25.9. The number of esters is 2. The van der Waals surface area contributed by atoms with E-state index in [1.54, 1.807) is 12.1 Å². The predicted molar refractivity (Wildman–Crippen MR) is 124 cm³/mol. The van der Waals surface area contributed by atoms with Crippen LogP contribution >= 0.6 is 11.6 Å². The summed E-state index contributed by atoms with van der Waals surface area (Å²) in [5.41, 5.74) is 3.03. The van der Waals surface area contributed by atoms with Crippen molar-refractivity contribution in [2.75, 3.05) is 7.11 Å². The Bertz CT molecular complexity index is 1020. The van der Waals surface area contributed by atoms with E-state index in [0.29, 0.717) is 28.3 Å². The maximum Gasteiger partial charge on any atom is 0.337 e. The van der Waals surface area contributed by atoms with Crippen molar-refractivity contribution in [2.45, 2.75) is 64.4 Å². The number of ketones is 1. The molecule has 2 aliphatic carbocycles. The highest BCUT2D eigenvalue weighted by atomic mass is 35.5. The molecular weight excluding hydrogens is 442 g/mol. The van der Waals surface area contributed by atoms with Gasteiger partial charge in [0.1, 0.15) is 12.0 Å². The summed E-state index contributed by atoms with van der Waals surface area (Å²) in [6.45, 7) is 3.71. The van der Waals surface area contributed by atoms with E-state index in [-0.39, 0.29) is 17.8 Å². The molecule has 1 saturated carbocycles. The van der Waals surface area contributed by atoms with Crippen molar-refractivity contribution >= 4 is 29.3 Å². The van der Waals surface area contributed by atoms with Gasteiger partial charge in [0, 0.05) is 27.9 Å². The van der Waals surface area contributed by atoms with Gasteiger partial charge in [-0.3, -0.25) is 9.59 Å². The lowest BCUT2D eigenvalue weighted by atomic mass is 9.69. The summed E-state index contributed by atoms with van der Waals surface area (Å²) in [5.74, 6) is -3.03. The Morgan fingerprint density at radius 2 is 1.76 bits per heavy atom. The summed E-state index contributed by atoms with van der Waals surface area (Å²) in [5, 5.41) is 3.86. The molecule has 6 nitrogen and oxygen atoms in total. The zero-order chi connectivity index (χ0) is 23.7. The van der Waals surface area contributed by atoms with Crippen LogP contribution in [-0.4, -0.2) is 30.9 Å². The number of benzene rings is 1. The minimum atomic E-state index is -0.903. The lowest BCUT2D eigenvalue weighted by Crippen LogP contribution is -2.43. The Morgan fingerprint density at radius 3 is 2.39 bits per heavy atom. The maximum absolute atomic E-state index is 13.7. The van der Waals surface area contributed by atoms with Crippen LogP contribution in [0.5, 0.6) is 0 Å². The summed E-state index contributed by atoms with van der Waals surface area (Å²) >= 11 is 6.12. The van der Waals surface area contributed by atoms with Gasteiger partial charge in [0.25, 0.3) is 0 Å². The van der Waals surface area contributed by atoms with Crippen molar-refractivity contribution in [3.8, 4) is 0 Å². The molecule has 1 aromatic rings. The van der Waals surface area contributed by atoms with Crippen molar-refractivity contribution in [2.24, 2.45) is 11.8 Å². The van der Waals surface area contributed by atoms with Crippen LogP contribution in [0.3, 0.4) is 0 Å². The lowest BCUT2D eigenvalue weighted by Gasteiger charge is -2.38. The van der Waals surface area contributed by atoms with Gasteiger partial charge in [0.05, 0.1) is 12.7 Å². The van der Waals surface area contributed by atoms with Crippen LogP contribution in [-0.2, 0) is 23.9 Å². The van der Waals surface area contributed by atoms with Crippen molar-refractivity contribution in [1.29, 1.82) is 0 Å². The zero-order valence-electron chi connectivity index (χ0n) is 19.3. The first kappa shape index (κ1) is 23.6. The molecule has 1 aromatic carbocycles. The molecule has 0 saturated heterocycles. The number of carbonyl (C=O) groups is 3. The number of dihydropyridines is 1. The van der Waals surface area contributed by atoms with E-state index in [1.807, 2.05) is 26.0 Å². The second kappa shape index (κ2) is 9.72. The van der Waals surface area contributed by atoms with Crippen LogP contribution in [0, 0.1) is 11.8 Å². The summed E-state index contributed by atoms with van der Waals surface area (Å²) in [4.78, 5) is 39.6. The Labute approximate surface area is 199 Å². The molecular formula is C26H30ClNO5. The number of Topliss-reactive ketones (excluding diaryl/α,β-unsaturated/α-hetero) is 1. The maximum atomic E-state index is 13.7. The van der Waals surface area contributed by atoms with Gasteiger partial charge in [0.2, 0.25) is 0 Å². The molecule has 0 aromatic heterocycles. The average Bonchev–Trinajstić information content (AvgIpc) is 2.79. The van der Waals surface area contributed by atoms with Crippen molar-refractivity contribution in [3.63, 3.8) is 0 Å². The highest BCUT2D eigenvalue weighted by Gasteiger charge is 2.47. The number of allylic oxidation sites excluding steroid dienone is 3. The molecule has 0 radical (unpaired) electrons. The summed E-state index contributed by atoms with van der Waals surface area (Å²) in [7, 11) is 1.29.